The lowest BCUT2D eigenvalue weighted by Crippen LogP contribution is -2.57. The molecular weight excluding hydrogens is 745 g/mol. The topological polar surface area (TPSA) is 151 Å². The molecule has 0 aromatic heterocycles. The molecule has 0 heterocycles. The summed E-state index contributed by atoms with van der Waals surface area (Å²) in [6.07, 6.45) is -1.15. The first-order valence-corrected chi connectivity index (χ1v) is 20.8. The van der Waals surface area contributed by atoms with Crippen molar-refractivity contribution in [2.75, 3.05) is 12.3 Å². The van der Waals surface area contributed by atoms with Gasteiger partial charge in [0, 0.05) is 12.6 Å². The van der Waals surface area contributed by atoms with E-state index in [-0.39, 0.29) is 25.1 Å². The first-order valence-electron chi connectivity index (χ1n) is 19.1. The van der Waals surface area contributed by atoms with Crippen molar-refractivity contribution in [2.45, 2.75) is 122 Å². The van der Waals surface area contributed by atoms with Gasteiger partial charge in [0.05, 0.1) is 29.7 Å². The van der Waals surface area contributed by atoms with Gasteiger partial charge in [-0.05, 0) is 80.8 Å². The van der Waals surface area contributed by atoms with Gasteiger partial charge in [-0.3, -0.25) is 4.79 Å². The maximum absolute atomic E-state index is 14.4. The van der Waals surface area contributed by atoms with E-state index in [1.165, 1.54) is 4.90 Å². The molecule has 0 saturated heterocycles. The van der Waals surface area contributed by atoms with Gasteiger partial charge in [0.1, 0.15) is 29.9 Å². The summed E-state index contributed by atoms with van der Waals surface area (Å²) in [7, 11) is -3.98. The van der Waals surface area contributed by atoms with Crippen LogP contribution < -0.4 is 10.6 Å². The molecule has 0 bridgehead atoms. The summed E-state index contributed by atoms with van der Waals surface area (Å²) in [6.45, 7) is 10.2. The monoisotopic (exact) mass is 801 g/mol. The highest BCUT2D eigenvalue weighted by Crippen LogP contribution is 2.20. The average molecular weight is 802 g/mol. The quantitative estimate of drug-likeness (QED) is 0.110. The van der Waals surface area contributed by atoms with E-state index < -0.39 is 80.9 Å². The van der Waals surface area contributed by atoms with Crippen LogP contribution in [-0.2, 0) is 50.1 Å². The molecule has 0 fully saturated rings. The molecule has 3 amide bonds. The lowest BCUT2D eigenvalue weighted by Gasteiger charge is -2.33. The van der Waals surface area contributed by atoms with Gasteiger partial charge in [0.15, 0.2) is 9.84 Å². The molecule has 3 aromatic carbocycles. The van der Waals surface area contributed by atoms with Crippen LogP contribution in [0, 0.1) is 11.6 Å². The first-order chi connectivity index (χ1) is 26.4. The van der Waals surface area contributed by atoms with Gasteiger partial charge in [-0.2, -0.15) is 0 Å². The van der Waals surface area contributed by atoms with Gasteiger partial charge in [-0.25, -0.2) is 26.8 Å². The molecule has 3 aromatic rings. The fraction of sp³-hybridized carbons (Fsp3) is 0.500. The predicted octanol–water partition coefficient (Wildman–Crippen LogP) is 7.03. The Morgan fingerprint density at radius 3 is 2.02 bits per heavy atom. The Labute approximate surface area is 330 Å². The molecule has 3 atom stereocenters. The predicted molar refractivity (Wildman–Crippen MR) is 211 cm³/mol. The van der Waals surface area contributed by atoms with E-state index in [1.807, 2.05) is 45.0 Å². The van der Waals surface area contributed by atoms with Gasteiger partial charge in [0.2, 0.25) is 5.91 Å². The van der Waals surface area contributed by atoms with Crippen LogP contribution in [0.1, 0.15) is 89.5 Å². The van der Waals surface area contributed by atoms with Crippen LogP contribution in [0.15, 0.2) is 72.8 Å². The number of alkyl carbamates (subject to hydrolysis) is 1. The molecule has 14 heteroatoms. The van der Waals surface area contributed by atoms with Crippen LogP contribution in [0.25, 0.3) is 0 Å². The van der Waals surface area contributed by atoms with Crippen molar-refractivity contribution >= 4 is 27.9 Å². The highest BCUT2D eigenvalue weighted by molar-refractivity contribution is 7.92. The fourth-order valence-electron chi connectivity index (χ4n) is 6.21. The summed E-state index contributed by atoms with van der Waals surface area (Å²) in [4.78, 5) is 42.1. The Kier molecular flexibility index (Phi) is 17.7. The highest BCUT2D eigenvalue weighted by atomic mass is 32.2. The second-order valence-electron chi connectivity index (χ2n) is 15.0. The minimum absolute atomic E-state index is 0.0149. The van der Waals surface area contributed by atoms with E-state index in [0.717, 1.165) is 29.7 Å². The second kappa shape index (κ2) is 21.7. The number of nitrogens with zero attached hydrogens (tertiary/aromatic N) is 1. The highest BCUT2D eigenvalue weighted by Gasteiger charge is 2.35. The molecule has 0 aliphatic rings. The van der Waals surface area contributed by atoms with Crippen molar-refractivity contribution in [1.29, 1.82) is 0 Å². The number of aliphatic hydroxyl groups excluding tert-OH is 1. The number of amides is 3. The minimum atomic E-state index is -3.98. The SMILES string of the molecule is CCCC(CCC)S(=O)(=O)C[C@H](NC(=O)OCc1ccccc1)C(=O)N[C@@H](Cc1cc(F)cc(F)c1)[C@H](O)CN(Cc1cccc(CC)c1)C(=O)OC(C)(C)C. The summed E-state index contributed by atoms with van der Waals surface area (Å²) in [5.41, 5.74) is 1.58. The van der Waals surface area contributed by atoms with Gasteiger partial charge >= 0.3 is 12.2 Å². The summed E-state index contributed by atoms with van der Waals surface area (Å²) in [5.74, 6) is -3.55. The number of halogens is 2. The zero-order valence-corrected chi connectivity index (χ0v) is 34.0. The molecule has 0 unspecified atom stereocenters. The maximum atomic E-state index is 14.4. The zero-order valence-electron chi connectivity index (χ0n) is 33.2. The summed E-state index contributed by atoms with van der Waals surface area (Å²) < 4.78 is 67.3. The van der Waals surface area contributed by atoms with E-state index >= 15 is 0 Å². The third-order valence-corrected chi connectivity index (χ3v) is 11.2. The van der Waals surface area contributed by atoms with Gasteiger partial charge in [0.25, 0.3) is 0 Å². The van der Waals surface area contributed by atoms with Gasteiger partial charge < -0.3 is 30.1 Å². The second-order valence-corrected chi connectivity index (χ2v) is 17.3. The van der Waals surface area contributed by atoms with Crippen LogP contribution in [0.5, 0.6) is 0 Å². The molecule has 3 N–H and O–H groups in total. The molecular formula is C42H57F2N3O8S. The van der Waals surface area contributed by atoms with Crippen molar-refractivity contribution < 1.29 is 46.2 Å². The van der Waals surface area contributed by atoms with Crippen LogP contribution in [0.2, 0.25) is 0 Å². The zero-order chi connectivity index (χ0) is 41.5. The number of hydrogen-bond donors (Lipinski definition) is 3. The normalized spacial score (nSPS) is 13.4. The Balaban J connectivity index is 2.00. The van der Waals surface area contributed by atoms with Crippen molar-refractivity contribution in [3.63, 3.8) is 0 Å². The number of aliphatic hydroxyl groups is 1. The van der Waals surface area contributed by atoms with E-state index in [1.54, 1.807) is 51.1 Å². The Hall–Kier alpha value is -4.56. The number of sulfone groups is 1. The smallest absolute Gasteiger partial charge is 0.410 e. The van der Waals surface area contributed by atoms with E-state index in [2.05, 4.69) is 10.6 Å². The molecule has 308 valence electrons. The minimum Gasteiger partial charge on any atom is -0.445 e. The molecule has 0 radical (unpaired) electrons. The Morgan fingerprint density at radius 2 is 1.43 bits per heavy atom. The molecule has 0 aliphatic heterocycles. The van der Waals surface area contributed by atoms with Crippen LogP contribution in [-0.4, -0.2) is 77.9 Å². The molecule has 11 nitrogen and oxygen atoms in total. The standard InChI is InChI=1S/C42H57F2N3O8S/c1-7-14-35(15-8-2)56(52,53)28-37(46-40(50)54-27-30-16-11-10-12-17-30)39(49)45-36(23-32-21-33(43)24-34(44)22-32)38(48)26-47(41(51)55-42(4,5)6)25-31-19-13-18-29(9-3)20-31/h10-13,16-22,24,35-38,48H,7-9,14-15,23,25-28H2,1-6H3,(H,45,49)(H,46,50)/t36-,37-,38+/m0/s1. The lowest BCUT2D eigenvalue weighted by molar-refractivity contribution is -0.124. The number of nitrogens with one attached hydrogen (secondary N) is 2. The Morgan fingerprint density at radius 1 is 0.821 bits per heavy atom. The van der Waals surface area contributed by atoms with E-state index in [0.29, 0.717) is 37.3 Å². The number of rotatable bonds is 20. The first kappa shape index (κ1) is 45.8. The number of carbonyl (C=O) groups excluding carboxylic acids is 3. The summed E-state index contributed by atoms with van der Waals surface area (Å²) in [6, 6.07) is 16.0. The van der Waals surface area contributed by atoms with Crippen molar-refractivity contribution in [3.05, 3.63) is 107 Å². The molecule has 0 spiro atoms. The number of hydrogen-bond acceptors (Lipinski definition) is 8. The third kappa shape index (κ3) is 15.5. The van der Waals surface area contributed by atoms with Gasteiger partial charge in [-0.15, -0.1) is 0 Å². The molecule has 56 heavy (non-hydrogen) atoms. The molecule has 0 aliphatic carbocycles. The largest absolute Gasteiger partial charge is 0.445 e. The van der Waals surface area contributed by atoms with Crippen molar-refractivity contribution in [2.24, 2.45) is 0 Å². The van der Waals surface area contributed by atoms with Gasteiger partial charge in [-0.1, -0.05) is 88.2 Å². The molecule has 0 saturated carbocycles. The van der Waals surface area contributed by atoms with Crippen molar-refractivity contribution in [1.82, 2.24) is 15.5 Å². The van der Waals surface area contributed by atoms with E-state index in [9.17, 15) is 36.7 Å². The third-order valence-electron chi connectivity index (χ3n) is 8.95. The number of carbonyl (C=O) groups is 3. The van der Waals surface area contributed by atoms with Crippen molar-refractivity contribution in [3.8, 4) is 0 Å². The summed E-state index contributed by atoms with van der Waals surface area (Å²) >= 11 is 0. The van der Waals surface area contributed by atoms with Crippen LogP contribution >= 0.6 is 0 Å². The van der Waals surface area contributed by atoms with Crippen LogP contribution in [0.3, 0.4) is 0 Å². The number of ether oxygens (including phenoxy) is 2. The lowest BCUT2D eigenvalue weighted by atomic mass is 9.99. The summed E-state index contributed by atoms with van der Waals surface area (Å²) in [5, 5.41) is 16.1. The van der Waals surface area contributed by atoms with E-state index in [4.69, 9.17) is 9.47 Å². The number of aryl methyl sites for hydroxylation is 1. The average Bonchev–Trinajstić information content (AvgIpc) is 3.12. The fourth-order valence-corrected chi connectivity index (χ4v) is 8.37. The van der Waals surface area contributed by atoms with Crippen LogP contribution in [0.4, 0.5) is 18.4 Å². The maximum Gasteiger partial charge on any atom is 0.410 e. The Bertz CT molecular complexity index is 1810. The number of benzene rings is 3. The molecule has 3 rings (SSSR count).